The summed E-state index contributed by atoms with van der Waals surface area (Å²) in [6.45, 7) is 1.93. The van der Waals surface area contributed by atoms with Gasteiger partial charge in [-0.25, -0.2) is 0 Å². The van der Waals surface area contributed by atoms with Gasteiger partial charge in [0.15, 0.2) is 0 Å². The maximum absolute atomic E-state index is 10.8. The number of benzene rings is 1. The summed E-state index contributed by atoms with van der Waals surface area (Å²) < 4.78 is 0. The predicted octanol–water partition coefficient (Wildman–Crippen LogP) is 3.59. The van der Waals surface area contributed by atoms with Crippen LogP contribution in [0.15, 0.2) is 36.0 Å². The first kappa shape index (κ1) is 11.4. The highest BCUT2D eigenvalue weighted by atomic mass is 16.6. The van der Waals surface area contributed by atoms with Crippen molar-refractivity contribution in [2.45, 2.75) is 19.8 Å². The van der Waals surface area contributed by atoms with E-state index in [0.29, 0.717) is 6.42 Å². The van der Waals surface area contributed by atoms with E-state index in [9.17, 15) is 10.1 Å². The molecule has 0 saturated carbocycles. The average molecular weight is 230 g/mol. The fourth-order valence-electron chi connectivity index (χ4n) is 1.83. The summed E-state index contributed by atoms with van der Waals surface area (Å²) in [5.41, 5.74) is 2.03. The Morgan fingerprint density at radius 3 is 2.88 bits per heavy atom. The Morgan fingerprint density at radius 2 is 2.24 bits per heavy atom. The highest BCUT2D eigenvalue weighted by Gasteiger charge is 2.09. The summed E-state index contributed by atoms with van der Waals surface area (Å²) in [5.74, 6) is 0. The van der Waals surface area contributed by atoms with Crippen LogP contribution in [0.3, 0.4) is 0 Å². The monoisotopic (exact) mass is 230 g/mol. The number of hydrogen-bond acceptors (Lipinski definition) is 2. The van der Waals surface area contributed by atoms with Gasteiger partial charge < -0.3 is 4.98 Å². The summed E-state index contributed by atoms with van der Waals surface area (Å²) in [4.78, 5) is 13.7. The Bertz CT molecular complexity index is 537. The van der Waals surface area contributed by atoms with E-state index in [1.807, 2.05) is 37.3 Å². The number of rotatable bonds is 4. The lowest BCUT2D eigenvalue weighted by Gasteiger charge is -1.94. The van der Waals surface area contributed by atoms with Crippen molar-refractivity contribution >= 4 is 17.0 Å². The van der Waals surface area contributed by atoms with Gasteiger partial charge in [-0.3, -0.25) is 10.1 Å². The highest BCUT2D eigenvalue weighted by Crippen LogP contribution is 2.18. The molecule has 0 fully saturated rings. The van der Waals surface area contributed by atoms with Gasteiger partial charge in [-0.05, 0) is 23.9 Å². The molecule has 0 atom stereocenters. The third-order valence-electron chi connectivity index (χ3n) is 2.61. The molecular weight excluding hydrogens is 216 g/mol. The summed E-state index contributed by atoms with van der Waals surface area (Å²) in [6.07, 6.45) is 2.87. The molecule has 2 aromatic rings. The third kappa shape index (κ3) is 2.53. The van der Waals surface area contributed by atoms with Crippen molar-refractivity contribution in [3.63, 3.8) is 0 Å². The molecule has 0 radical (unpaired) electrons. The third-order valence-corrected chi connectivity index (χ3v) is 2.61. The number of para-hydroxylation sites is 1. The molecule has 0 saturated heterocycles. The van der Waals surface area contributed by atoms with Gasteiger partial charge in [0, 0.05) is 23.7 Å². The Hall–Kier alpha value is -2.10. The molecule has 4 heteroatoms. The molecule has 0 amide bonds. The van der Waals surface area contributed by atoms with Crippen LogP contribution in [-0.2, 0) is 0 Å². The van der Waals surface area contributed by atoms with E-state index in [0.717, 1.165) is 23.0 Å². The van der Waals surface area contributed by atoms with Gasteiger partial charge in [0.05, 0.1) is 4.92 Å². The lowest BCUT2D eigenvalue weighted by atomic mass is 10.2. The summed E-state index contributed by atoms with van der Waals surface area (Å²) in [5, 5.41) is 11.9. The van der Waals surface area contributed by atoms with Crippen LogP contribution in [0.2, 0.25) is 0 Å². The lowest BCUT2D eigenvalue weighted by molar-refractivity contribution is -0.426. The Morgan fingerprint density at radius 1 is 1.47 bits per heavy atom. The summed E-state index contributed by atoms with van der Waals surface area (Å²) in [6, 6.07) is 9.75. The minimum atomic E-state index is -0.311. The van der Waals surface area contributed by atoms with Crippen LogP contribution < -0.4 is 0 Å². The fraction of sp³-hybridized carbons (Fsp3) is 0.231. The Balaban J connectivity index is 2.38. The van der Waals surface area contributed by atoms with Gasteiger partial charge in [0.2, 0.25) is 5.70 Å². The first-order chi connectivity index (χ1) is 8.20. The molecule has 1 N–H and O–H groups in total. The molecular formula is C13H14N2O2. The molecule has 88 valence electrons. The zero-order valence-electron chi connectivity index (χ0n) is 9.64. The number of nitro groups is 1. The number of H-pyrrole nitrogens is 1. The van der Waals surface area contributed by atoms with Crippen molar-refractivity contribution in [3.05, 3.63) is 51.8 Å². The van der Waals surface area contributed by atoms with E-state index in [4.69, 9.17) is 0 Å². The van der Waals surface area contributed by atoms with Crippen LogP contribution in [0.4, 0.5) is 0 Å². The molecule has 1 aromatic heterocycles. The van der Waals surface area contributed by atoms with Crippen molar-refractivity contribution in [3.8, 4) is 0 Å². The molecule has 0 aliphatic carbocycles. The van der Waals surface area contributed by atoms with Crippen molar-refractivity contribution in [1.29, 1.82) is 0 Å². The van der Waals surface area contributed by atoms with E-state index in [1.54, 1.807) is 6.08 Å². The van der Waals surface area contributed by atoms with Crippen molar-refractivity contribution in [2.24, 2.45) is 0 Å². The van der Waals surface area contributed by atoms with Crippen LogP contribution in [0, 0.1) is 10.1 Å². The first-order valence-electron chi connectivity index (χ1n) is 5.63. The SMILES string of the molecule is CCC/C(=C/c1cc2ccccc2[nH]1)[N+](=O)[O-]. The van der Waals surface area contributed by atoms with Crippen molar-refractivity contribution < 1.29 is 4.92 Å². The van der Waals surface area contributed by atoms with Crippen LogP contribution >= 0.6 is 0 Å². The second-order valence-electron chi connectivity index (χ2n) is 3.95. The number of nitrogens with one attached hydrogen (secondary N) is 1. The van der Waals surface area contributed by atoms with Crippen LogP contribution in [0.25, 0.3) is 17.0 Å². The normalized spacial score (nSPS) is 11.9. The smallest absolute Gasteiger partial charge is 0.248 e. The quantitative estimate of drug-likeness (QED) is 0.644. The van der Waals surface area contributed by atoms with Crippen molar-refractivity contribution in [2.75, 3.05) is 0 Å². The minimum Gasteiger partial charge on any atom is -0.355 e. The predicted molar refractivity (Wildman–Crippen MR) is 68.2 cm³/mol. The number of hydrogen-bond donors (Lipinski definition) is 1. The summed E-state index contributed by atoms with van der Waals surface area (Å²) >= 11 is 0. The van der Waals surface area contributed by atoms with Crippen LogP contribution in [0.5, 0.6) is 0 Å². The van der Waals surface area contributed by atoms with Crippen LogP contribution in [-0.4, -0.2) is 9.91 Å². The molecule has 1 aromatic carbocycles. The number of fused-ring (bicyclic) bond motifs is 1. The number of nitrogens with zero attached hydrogens (tertiary/aromatic N) is 1. The molecule has 4 nitrogen and oxygen atoms in total. The van der Waals surface area contributed by atoms with E-state index >= 15 is 0 Å². The van der Waals surface area contributed by atoms with Crippen LogP contribution in [0.1, 0.15) is 25.5 Å². The Kier molecular flexibility index (Phi) is 3.23. The topological polar surface area (TPSA) is 58.9 Å². The van der Waals surface area contributed by atoms with Gasteiger partial charge >= 0.3 is 0 Å². The zero-order valence-corrected chi connectivity index (χ0v) is 9.64. The first-order valence-corrected chi connectivity index (χ1v) is 5.63. The molecule has 2 rings (SSSR count). The molecule has 0 spiro atoms. The maximum atomic E-state index is 10.8. The Labute approximate surface area is 99.1 Å². The number of aromatic nitrogens is 1. The van der Waals surface area contributed by atoms with Gasteiger partial charge in [0.25, 0.3) is 0 Å². The number of allylic oxidation sites excluding steroid dienone is 1. The lowest BCUT2D eigenvalue weighted by Crippen LogP contribution is -1.97. The highest BCUT2D eigenvalue weighted by molar-refractivity contribution is 5.82. The fourth-order valence-corrected chi connectivity index (χ4v) is 1.83. The molecule has 0 unspecified atom stereocenters. The standard InChI is InChI=1S/C13H14N2O2/c1-2-5-12(15(16)17)9-11-8-10-6-3-4-7-13(10)14-11/h3-4,6-9,14H,2,5H2,1H3/b12-9-. The van der Waals surface area contributed by atoms with E-state index in [-0.39, 0.29) is 10.6 Å². The molecule has 1 heterocycles. The van der Waals surface area contributed by atoms with Gasteiger partial charge in [0.1, 0.15) is 0 Å². The second-order valence-corrected chi connectivity index (χ2v) is 3.95. The minimum absolute atomic E-state index is 0.249. The van der Waals surface area contributed by atoms with Gasteiger partial charge in [-0.15, -0.1) is 0 Å². The van der Waals surface area contributed by atoms with E-state index in [2.05, 4.69) is 4.98 Å². The largest absolute Gasteiger partial charge is 0.355 e. The molecule has 0 bridgehead atoms. The molecule has 17 heavy (non-hydrogen) atoms. The second kappa shape index (κ2) is 4.82. The van der Waals surface area contributed by atoms with Crippen molar-refractivity contribution in [1.82, 2.24) is 4.98 Å². The number of aromatic amines is 1. The van der Waals surface area contributed by atoms with E-state index < -0.39 is 0 Å². The molecule has 0 aliphatic heterocycles. The zero-order chi connectivity index (χ0) is 12.3. The summed E-state index contributed by atoms with van der Waals surface area (Å²) in [7, 11) is 0. The van der Waals surface area contributed by atoms with E-state index in [1.165, 1.54) is 0 Å². The van der Waals surface area contributed by atoms with Gasteiger partial charge in [-0.2, -0.15) is 0 Å². The molecule has 0 aliphatic rings. The van der Waals surface area contributed by atoms with Gasteiger partial charge in [-0.1, -0.05) is 25.1 Å². The average Bonchev–Trinajstić information content (AvgIpc) is 2.70. The maximum Gasteiger partial charge on any atom is 0.248 e.